The fourth-order valence-corrected chi connectivity index (χ4v) is 4.03. The maximum absolute atomic E-state index is 13.0. The van der Waals surface area contributed by atoms with Crippen molar-refractivity contribution < 1.29 is 14.7 Å². The number of carbonyl (C=O) groups excluding carboxylic acids is 2. The summed E-state index contributed by atoms with van der Waals surface area (Å²) in [5.74, 6) is 5.52. The van der Waals surface area contributed by atoms with Gasteiger partial charge < -0.3 is 5.11 Å². The molecule has 1 aliphatic heterocycles. The molecule has 2 aliphatic rings. The molecule has 0 atom stereocenters. The molecule has 0 amide bonds. The number of rotatable bonds is 1. The van der Waals surface area contributed by atoms with Gasteiger partial charge in [-0.05, 0) is 38.1 Å². The Hall–Kier alpha value is -2.90. The van der Waals surface area contributed by atoms with E-state index in [-0.39, 0.29) is 28.4 Å². The average Bonchev–Trinajstić information content (AvgIpc) is 2.68. The van der Waals surface area contributed by atoms with E-state index < -0.39 is 0 Å². The summed E-state index contributed by atoms with van der Waals surface area (Å²) in [6.07, 6.45) is 6.24. The molecule has 4 heteroatoms. The van der Waals surface area contributed by atoms with Gasteiger partial charge >= 0.3 is 0 Å². The monoisotopic (exact) mass is 373 g/mol. The SMILES string of the molecule is O=C1c2ccccc2C(=O)c2c(C#CCN3CCCCCCC3)ccc(O)c21. The van der Waals surface area contributed by atoms with Crippen LogP contribution < -0.4 is 0 Å². The van der Waals surface area contributed by atoms with Gasteiger partial charge in [-0.15, -0.1) is 0 Å². The lowest BCUT2D eigenvalue weighted by molar-refractivity contribution is 0.0976. The molecular formula is C24H23NO3. The fourth-order valence-electron chi connectivity index (χ4n) is 4.03. The Balaban J connectivity index is 1.66. The summed E-state index contributed by atoms with van der Waals surface area (Å²) >= 11 is 0. The number of phenols is 1. The number of hydrogen-bond donors (Lipinski definition) is 1. The lowest BCUT2D eigenvalue weighted by Gasteiger charge is -2.22. The van der Waals surface area contributed by atoms with Gasteiger partial charge in [0.2, 0.25) is 0 Å². The Morgan fingerprint density at radius 1 is 0.821 bits per heavy atom. The number of aromatic hydroxyl groups is 1. The van der Waals surface area contributed by atoms with Crippen molar-refractivity contribution >= 4 is 11.6 Å². The molecule has 1 heterocycles. The predicted octanol–water partition coefficient (Wildman–Crippen LogP) is 3.79. The summed E-state index contributed by atoms with van der Waals surface area (Å²) < 4.78 is 0. The molecule has 1 aliphatic carbocycles. The summed E-state index contributed by atoms with van der Waals surface area (Å²) in [5.41, 5.74) is 1.51. The first kappa shape index (κ1) is 18.5. The lowest BCUT2D eigenvalue weighted by atomic mass is 9.81. The Labute approximate surface area is 165 Å². The number of fused-ring (bicyclic) bond motifs is 2. The molecule has 142 valence electrons. The predicted molar refractivity (Wildman–Crippen MR) is 108 cm³/mol. The van der Waals surface area contributed by atoms with Gasteiger partial charge in [-0.25, -0.2) is 0 Å². The highest BCUT2D eigenvalue weighted by Gasteiger charge is 2.33. The Morgan fingerprint density at radius 3 is 2.11 bits per heavy atom. The van der Waals surface area contributed by atoms with Crippen LogP contribution >= 0.6 is 0 Å². The van der Waals surface area contributed by atoms with Gasteiger partial charge in [0.15, 0.2) is 11.6 Å². The molecule has 0 aromatic heterocycles. The maximum atomic E-state index is 13.0. The Morgan fingerprint density at radius 2 is 1.43 bits per heavy atom. The van der Waals surface area contributed by atoms with Crippen LogP contribution in [-0.4, -0.2) is 41.2 Å². The van der Waals surface area contributed by atoms with Crippen molar-refractivity contribution in [3.8, 4) is 17.6 Å². The number of benzene rings is 2. The van der Waals surface area contributed by atoms with Crippen LogP contribution in [0, 0.1) is 11.8 Å². The summed E-state index contributed by atoms with van der Waals surface area (Å²) in [4.78, 5) is 28.2. The van der Waals surface area contributed by atoms with E-state index >= 15 is 0 Å². The summed E-state index contributed by atoms with van der Waals surface area (Å²) in [6, 6.07) is 9.83. The first-order valence-corrected chi connectivity index (χ1v) is 9.92. The molecule has 2 aromatic carbocycles. The molecule has 0 bridgehead atoms. The van der Waals surface area contributed by atoms with Gasteiger partial charge in [-0.3, -0.25) is 14.5 Å². The van der Waals surface area contributed by atoms with Crippen LogP contribution in [0.3, 0.4) is 0 Å². The maximum Gasteiger partial charge on any atom is 0.198 e. The first-order valence-electron chi connectivity index (χ1n) is 9.92. The third kappa shape index (κ3) is 3.46. The van der Waals surface area contributed by atoms with Crippen LogP contribution in [0.4, 0.5) is 0 Å². The van der Waals surface area contributed by atoms with Gasteiger partial charge in [-0.1, -0.05) is 55.4 Å². The number of nitrogens with zero attached hydrogens (tertiary/aromatic N) is 1. The van der Waals surface area contributed by atoms with Gasteiger partial charge in [0.1, 0.15) is 5.75 Å². The number of carbonyl (C=O) groups is 2. The molecule has 0 saturated carbocycles. The molecule has 2 aromatic rings. The summed E-state index contributed by atoms with van der Waals surface area (Å²) in [5, 5.41) is 10.3. The molecule has 4 rings (SSSR count). The lowest BCUT2D eigenvalue weighted by Crippen LogP contribution is -2.27. The summed E-state index contributed by atoms with van der Waals surface area (Å²) in [7, 11) is 0. The molecule has 0 spiro atoms. The van der Waals surface area contributed by atoms with Crippen molar-refractivity contribution in [2.75, 3.05) is 19.6 Å². The van der Waals surface area contributed by atoms with Crippen LogP contribution in [-0.2, 0) is 0 Å². The Kier molecular flexibility index (Phi) is 5.27. The van der Waals surface area contributed by atoms with Crippen LogP contribution in [0.15, 0.2) is 36.4 Å². The first-order chi connectivity index (χ1) is 13.7. The molecular weight excluding hydrogens is 350 g/mol. The smallest absolute Gasteiger partial charge is 0.198 e. The van der Waals surface area contributed by atoms with Crippen molar-refractivity contribution in [2.24, 2.45) is 0 Å². The van der Waals surface area contributed by atoms with Crippen LogP contribution in [0.25, 0.3) is 0 Å². The number of phenolic OH excluding ortho intramolecular Hbond substituents is 1. The van der Waals surface area contributed by atoms with E-state index in [1.54, 1.807) is 30.3 Å². The third-order valence-electron chi connectivity index (χ3n) is 5.53. The van der Waals surface area contributed by atoms with E-state index in [0.717, 1.165) is 13.1 Å². The van der Waals surface area contributed by atoms with Crippen LogP contribution in [0.5, 0.6) is 5.75 Å². The quantitative estimate of drug-likeness (QED) is 0.660. The van der Waals surface area contributed by atoms with E-state index in [1.165, 1.54) is 38.2 Å². The van der Waals surface area contributed by atoms with Crippen molar-refractivity contribution in [1.82, 2.24) is 4.90 Å². The largest absolute Gasteiger partial charge is 0.507 e. The van der Waals surface area contributed by atoms with Gasteiger partial charge in [0.05, 0.1) is 17.7 Å². The van der Waals surface area contributed by atoms with E-state index in [0.29, 0.717) is 23.2 Å². The van der Waals surface area contributed by atoms with Crippen molar-refractivity contribution in [1.29, 1.82) is 0 Å². The topological polar surface area (TPSA) is 57.6 Å². The standard InChI is InChI=1S/C24H23NO3/c26-20-13-12-17(9-8-16-25-14-6-2-1-3-7-15-25)21-22(20)24(28)19-11-5-4-10-18(19)23(21)27/h4-5,10-13,26H,1-3,6-7,14-16H2. The van der Waals surface area contributed by atoms with E-state index in [1.807, 2.05) is 0 Å². The highest BCUT2D eigenvalue weighted by molar-refractivity contribution is 6.30. The highest BCUT2D eigenvalue weighted by atomic mass is 16.3. The molecule has 1 fully saturated rings. The van der Waals surface area contributed by atoms with Crippen molar-refractivity contribution in [3.63, 3.8) is 0 Å². The molecule has 1 saturated heterocycles. The Bertz CT molecular complexity index is 989. The fraction of sp³-hybridized carbons (Fsp3) is 0.333. The minimum Gasteiger partial charge on any atom is -0.507 e. The minimum atomic E-state index is -0.324. The second kappa shape index (κ2) is 8.00. The zero-order chi connectivity index (χ0) is 19.5. The van der Waals surface area contributed by atoms with E-state index in [2.05, 4.69) is 16.7 Å². The number of ketones is 2. The molecule has 28 heavy (non-hydrogen) atoms. The highest BCUT2D eigenvalue weighted by Crippen LogP contribution is 2.34. The molecule has 0 unspecified atom stereocenters. The molecule has 0 radical (unpaired) electrons. The number of hydrogen-bond acceptors (Lipinski definition) is 4. The van der Waals surface area contributed by atoms with Crippen LogP contribution in [0.1, 0.15) is 69.5 Å². The third-order valence-corrected chi connectivity index (χ3v) is 5.53. The second-order valence-corrected chi connectivity index (χ2v) is 7.43. The second-order valence-electron chi connectivity index (χ2n) is 7.43. The van der Waals surface area contributed by atoms with Gasteiger partial charge in [0.25, 0.3) is 0 Å². The van der Waals surface area contributed by atoms with Gasteiger partial charge in [0, 0.05) is 16.7 Å². The van der Waals surface area contributed by atoms with Crippen molar-refractivity contribution in [2.45, 2.75) is 32.1 Å². The summed E-state index contributed by atoms with van der Waals surface area (Å²) in [6.45, 7) is 2.74. The zero-order valence-corrected chi connectivity index (χ0v) is 15.8. The van der Waals surface area contributed by atoms with E-state index in [4.69, 9.17) is 0 Å². The van der Waals surface area contributed by atoms with E-state index in [9.17, 15) is 14.7 Å². The van der Waals surface area contributed by atoms with Crippen molar-refractivity contribution in [3.05, 3.63) is 64.2 Å². The minimum absolute atomic E-state index is 0.0711. The average molecular weight is 373 g/mol. The van der Waals surface area contributed by atoms with Crippen LogP contribution in [0.2, 0.25) is 0 Å². The zero-order valence-electron chi connectivity index (χ0n) is 15.8. The number of likely N-dealkylation sites (tertiary alicyclic amines) is 1. The normalized spacial score (nSPS) is 17.0. The molecule has 1 N–H and O–H groups in total. The van der Waals surface area contributed by atoms with Gasteiger partial charge in [-0.2, -0.15) is 0 Å². The molecule has 4 nitrogen and oxygen atoms in total.